The summed E-state index contributed by atoms with van der Waals surface area (Å²) in [5, 5.41) is 3.54. The summed E-state index contributed by atoms with van der Waals surface area (Å²) in [5.41, 5.74) is 0.0328. The summed E-state index contributed by atoms with van der Waals surface area (Å²) in [6, 6.07) is 3.27. The lowest BCUT2D eigenvalue weighted by molar-refractivity contribution is -0.0171. The Hall–Kier alpha value is -0.960. The van der Waals surface area contributed by atoms with E-state index in [0.717, 1.165) is 37.0 Å². The molecule has 0 radical (unpaired) electrons. The second-order valence-corrected chi connectivity index (χ2v) is 7.13. The first-order valence-corrected chi connectivity index (χ1v) is 7.57. The van der Waals surface area contributed by atoms with Crippen molar-refractivity contribution in [2.45, 2.75) is 44.1 Å². The third kappa shape index (κ3) is 1.99. The minimum Gasteiger partial charge on any atom is -0.440 e. The average molecular weight is 280 g/mol. The summed E-state index contributed by atoms with van der Waals surface area (Å²) in [4.78, 5) is 12.3. The van der Waals surface area contributed by atoms with Crippen molar-refractivity contribution in [1.29, 1.82) is 0 Å². The number of hydrogen-bond donors (Lipinski definition) is 1. The predicted octanol–water partition coefficient (Wildman–Crippen LogP) is 3.63. The van der Waals surface area contributed by atoms with Gasteiger partial charge in [0, 0.05) is 5.54 Å². The topological polar surface area (TPSA) is 42.2 Å². The molecule has 4 saturated carbocycles. The normalized spacial score (nSPS) is 39.5. The van der Waals surface area contributed by atoms with Crippen LogP contribution in [-0.2, 0) is 0 Å². The minimum atomic E-state index is -0.103. The molecule has 4 aliphatic carbocycles. The van der Waals surface area contributed by atoms with Gasteiger partial charge < -0.3 is 9.73 Å². The SMILES string of the molecule is O=C(NC12CC3CC(CC(C3)C1)C2)c1ccc(Cl)o1. The van der Waals surface area contributed by atoms with E-state index in [-0.39, 0.29) is 16.7 Å². The van der Waals surface area contributed by atoms with E-state index in [0.29, 0.717) is 5.76 Å². The fourth-order valence-corrected chi connectivity index (χ4v) is 5.15. The third-order valence-electron chi connectivity index (χ3n) is 5.21. The van der Waals surface area contributed by atoms with Crippen LogP contribution in [0.25, 0.3) is 0 Å². The van der Waals surface area contributed by atoms with Crippen LogP contribution in [0.15, 0.2) is 16.5 Å². The second-order valence-electron chi connectivity index (χ2n) is 6.76. The van der Waals surface area contributed by atoms with Gasteiger partial charge in [-0.05, 0) is 80.0 Å². The molecule has 1 N–H and O–H groups in total. The van der Waals surface area contributed by atoms with Gasteiger partial charge in [0.1, 0.15) is 0 Å². The Kier molecular flexibility index (Phi) is 2.50. The molecular weight excluding hydrogens is 262 g/mol. The van der Waals surface area contributed by atoms with Crippen molar-refractivity contribution < 1.29 is 9.21 Å². The molecule has 4 aliphatic rings. The molecule has 0 saturated heterocycles. The van der Waals surface area contributed by atoms with Gasteiger partial charge in [0.05, 0.1) is 0 Å². The smallest absolute Gasteiger partial charge is 0.287 e. The molecule has 0 unspecified atom stereocenters. The number of halogens is 1. The molecule has 4 fully saturated rings. The standard InChI is InChI=1S/C15H18ClNO2/c16-13-2-1-12(19-13)14(18)17-15-6-9-3-10(7-15)5-11(4-9)8-15/h1-2,9-11H,3-8H2,(H,17,18). The van der Waals surface area contributed by atoms with Crippen molar-refractivity contribution in [1.82, 2.24) is 5.32 Å². The molecule has 0 atom stereocenters. The molecule has 1 aromatic heterocycles. The summed E-state index contributed by atoms with van der Waals surface area (Å²) < 4.78 is 5.21. The van der Waals surface area contributed by atoms with Crippen molar-refractivity contribution in [2.24, 2.45) is 17.8 Å². The Bertz CT molecular complexity index is 487. The molecule has 4 bridgehead atoms. The molecule has 1 heterocycles. The van der Waals surface area contributed by atoms with E-state index >= 15 is 0 Å². The van der Waals surface area contributed by atoms with Gasteiger partial charge in [-0.1, -0.05) is 0 Å². The van der Waals surface area contributed by atoms with Crippen molar-refractivity contribution >= 4 is 17.5 Å². The highest BCUT2D eigenvalue weighted by Crippen LogP contribution is 2.55. The van der Waals surface area contributed by atoms with Crippen LogP contribution in [0.1, 0.15) is 49.1 Å². The van der Waals surface area contributed by atoms with E-state index < -0.39 is 0 Å². The van der Waals surface area contributed by atoms with E-state index in [1.807, 2.05) is 0 Å². The summed E-state index contributed by atoms with van der Waals surface area (Å²) in [6.07, 6.45) is 7.59. The average Bonchev–Trinajstić information content (AvgIpc) is 2.73. The molecule has 3 nitrogen and oxygen atoms in total. The molecule has 1 amide bonds. The van der Waals surface area contributed by atoms with Gasteiger partial charge >= 0.3 is 0 Å². The van der Waals surface area contributed by atoms with Crippen LogP contribution in [0.3, 0.4) is 0 Å². The zero-order chi connectivity index (χ0) is 13.0. The van der Waals surface area contributed by atoms with E-state index in [4.69, 9.17) is 16.0 Å². The fourth-order valence-electron chi connectivity index (χ4n) is 5.00. The van der Waals surface area contributed by atoms with Gasteiger partial charge in [-0.2, -0.15) is 0 Å². The van der Waals surface area contributed by atoms with Crippen LogP contribution in [0.2, 0.25) is 5.22 Å². The largest absolute Gasteiger partial charge is 0.440 e. The van der Waals surface area contributed by atoms with Crippen LogP contribution >= 0.6 is 11.6 Å². The maximum Gasteiger partial charge on any atom is 0.287 e. The molecule has 5 rings (SSSR count). The first kappa shape index (κ1) is 11.8. The van der Waals surface area contributed by atoms with Crippen LogP contribution in [-0.4, -0.2) is 11.4 Å². The molecule has 1 aromatic rings. The molecule has 4 heteroatoms. The Morgan fingerprint density at radius 1 is 1.16 bits per heavy atom. The zero-order valence-electron chi connectivity index (χ0n) is 10.8. The first-order chi connectivity index (χ1) is 9.12. The third-order valence-corrected chi connectivity index (χ3v) is 5.42. The zero-order valence-corrected chi connectivity index (χ0v) is 11.6. The number of carbonyl (C=O) groups is 1. The van der Waals surface area contributed by atoms with Gasteiger partial charge in [0.15, 0.2) is 11.0 Å². The van der Waals surface area contributed by atoms with Crippen LogP contribution in [0.5, 0.6) is 0 Å². The van der Waals surface area contributed by atoms with Crippen LogP contribution in [0, 0.1) is 17.8 Å². The summed E-state index contributed by atoms with van der Waals surface area (Å²) in [7, 11) is 0. The number of amides is 1. The number of nitrogens with one attached hydrogen (secondary N) is 1. The Morgan fingerprint density at radius 3 is 2.21 bits per heavy atom. The van der Waals surface area contributed by atoms with Crippen molar-refractivity contribution in [2.75, 3.05) is 0 Å². The highest BCUT2D eigenvalue weighted by atomic mass is 35.5. The van der Waals surface area contributed by atoms with Crippen molar-refractivity contribution in [3.8, 4) is 0 Å². The Labute approximate surface area is 117 Å². The maximum absolute atomic E-state index is 12.3. The Morgan fingerprint density at radius 2 is 1.74 bits per heavy atom. The van der Waals surface area contributed by atoms with Gasteiger partial charge in [-0.3, -0.25) is 4.79 Å². The quantitative estimate of drug-likeness (QED) is 0.898. The minimum absolute atomic E-state index is 0.0328. The molecular formula is C15H18ClNO2. The molecule has 0 spiro atoms. The summed E-state index contributed by atoms with van der Waals surface area (Å²) in [5.74, 6) is 2.71. The van der Waals surface area contributed by atoms with Crippen molar-refractivity contribution in [3.63, 3.8) is 0 Å². The van der Waals surface area contributed by atoms with Crippen LogP contribution in [0.4, 0.5) is 0 Å². The summed E-state index contributed by atoms with van der Waals surface area (Å²) >= 11 is 5.73. The molecule has 19 heavy (non-hydrogen) atoms. The lowest BCUT2D eigenvalue weighted by Gasteiger charge is -2.56. The molecule has 0 aliphatic heterocycles. The molecule has 102 valence electrons. The summed E-state index contributed by atoms with van der Waals surface area (Å²) in [6.45, 7) is 0. The predicted molar refractivity (Wildman–Crippen MR) is 72.1 cm³/mol. The van der Waals surface area contributed by atoms with E-state index in [1.54, 1.807) is 12.1 Å². The van der Waals surface area contributed by atoms with Crippen molar-refractivity contribution in [3.05, 3.63) is 23.1 Å². The lowest BCUT2D eigenvalue weighted by atomic mass is 9.53. The van der Waals surface area contributed by atoms with Gasteiger partial charge in [-0.25, -0.2) is 0 Å². The maximum atomic E-state index is 12.3. The van der Waals surface area contributed by atoms with E-state index in [2.05, 4.69) is 5.32 Å². The molecule has 0 aromatic carbocycles. The lowest BCUT2D eigenvalue weighted by Crippen LogP contribution is -2.59. The van der Waals surface area contributed by atoms with Crippen LogP contribution < -0.4 is 5.32 Å². The van der Waals surface area contributed by atoms with Gasteiger partial charge in [0.2, 0.25) is 0 Å². The number of hydrogen-bond acceptors (Lipinski definition) is 2. The highest BCUT2D eigenvalue weighted by Gasteiger charge is 2.51. The monoisotopic (exact) mass is 279 g/mol. The fraction of sp³-hybridized carbons (Fsp3) is 0.667. The number of furan rings is 1. The second kappa shape index (κ2) is 4.02. The highest BCUT2D eigenvalue weighted by molar-refractivity contribution is 6.29. The first-order valence-electron chi connectivity index (χ1n) is 7.20. The van der Waals surface area contributed by atoms with E-state index in [9.17, 15) is 4.79 Å². The van der Waals surface area contributed by atoms with Gasteiger partial charge in [-0.15, -0.1) is 0 Å². The van der Waals surface area contributed by atoms with Gasteiger partial charge in [0.25, 0.3) is 5.91 Å². The number of rotatable bonds is 2. The number of carbonyl (C=O) groups excluding carboxylic acids is 1. The van der Waals surface area contributed by atoms with E-state index in [1.165, 1.54) is 19.3 Å². The Balaban J connectivity index is 1.54.